The minimum Gasteiger partial charge on any atom is -0.455 e. The van der Waals surface area contributed by atoms with E-state index in [2.05, 4.69) is 34.4 Å². The second-order valence-electron chi connectivity index (χ2n) is 12.8. The summed E-state index contributed by atoms with van der Waals surface area (Å²) in [6.45, 7) is 14.9. The van der Waals surface area contributed by atoms with Crippen molar-refractivity contribution in [2.75, 3.05) is 13.2 Å². The van der Waals surface area contributed by atoms with Crippen molar-refractivity contribution < 1.29 is 33.8 Å². The second kappa shape index (κ2) is 15.3. The average molecular weight is 703 g/mol. The predicted octanol–water partition coefficient (Wildman–Crippen LogP) is 4.07. The van der Waals surface area contributed by atoms with Gasteiger partial charge in [-0.2, -0.15) is 0 Å². The quantitative estimate of drug-likeness (QED) is 0.151. The fraction of sp³-hybridized carbons (Fsp3) is 0.600. The number of aliphatic hydroxyl groups is 1. The summed E-state index contributed by atoms with van der Waals surface area (Å²) in [4.78, 5) is 58.6. The highest BCUT2D eigenvalue weighted by molar-refractivity contribution is 9.09. The number of hydrogen-bond donors (Lipinski definition) is 2. The van der Waals surface area contributed by atoms with E-state index in [1.54, 1.807) is 30.9 Å². The van der Waals surface area contributed by atoms with Crippen LogP contribution in [0.5, 0.6) is 0 Å². The van der Waals surface area contributed by atoms with Gasteiger partial charge in [0.15, 0.2) is 0 Å². The number of hydrogen-bond acceptors (Lipinski definition) is 7. The molecule has 10 atom stereocenters. The second-order valence-corrected chi connectivity index (χ2v) is 14.0. The van der Waals surface area contributed by atoms with Crippen LogP contribution in [0, 0.1) is 11.8 Å². The van der Waals surface area contributed by atoms with E-state index in [9.17, 15) is 24.3 Å². The Balaban J connectivity index is 1.71. The molecule has 3 fully saturated rings. The number of nitrogens with zero attached hydrogens (tertiary/aromatic N) is 2. The molecule has 46 heavy (non-hydrogen) atoms. The fourth-order valence-electron chi connectivity index (χ4n) is 7.48. The number of esters is 1. The van der Waals surface area contributed by atoms with Gasteiger partial charge in [0.2, 0.25) is 17.7 Å². The maximum absolute atomic E-state index is 14.5. The zero-order valence-electron chi connectivity index (χ0n) is 27.3. The molecule has 1 aromatic rings. The molecule has 3 amide bonds. The van der Waals surface area contributed by atoms with Crippen LogP contribution >= 0.6 is 15.9 Å². The number of likely N-dealkylation sites (tertiary alicyclic amines) is 1. The van der Waals surface area contributed by atoms with Gasteiger partial charge >= 0.3 is 5.97 Å². The van der Waals surface area contributed by atoms with Gasteiger partial charge in [0.25, 0.3) is 0 Å². The molecule has 0 aliphatic carbocycles. The maximum Gasteiger partial charge on any atom is 0.313 e. The van der Waals surface area contributed by atoms with Gasteiger partial charge < -0.3 is 29.7 Å². The van der Waals surface area contributed by atoms with Gasteiger partial charge in [0.1, 0.15) is 17.7 Å². The van der Waals surface area contributed by atoms with Gasteiger partial charge in [-0.15, -0.1) is 13.2 Å². The molecule has 1 aromatic carbocycles. The van der Waals surface area contributed by atoms with Crippen molar-refractivity contribution in [3.8, 4) is 0 Å². The number of aliphatic hydroxyl groups excluding tert-OH is 1. The predicted molar refractivity (Wildman–Crippen MR) is 178 cm³/mol. The first-order chi connectivity index (χ1) is 22.0. The summed E-state index contributed by atoms with van der Waals surface area (Å²) in [5, 5.41) is 13.2. The van der Waals surface area contributed by atoms with Crippen molar-refractivity contribution in [2.45, 2.75) is 107 Å². The Morgan fingerprint density at radius 3 is 2.52 bits per heavy atom. The zero-order chi connectivity index (χ0) is 33.8. The monoisotopic (exact) mass is 701 g/mol. The van der Waals surface area contributed by atoms with Gasteiger partial charge in [-0.25, -0.2) is 0 Å². The Morgan fingerprint density at radius 1 is 1.22 bits per heavy atom. The van der Waals surface area contributed by atoms with Crippen LogP contribution in [-0.2, 0) is 28.7 Å². The first-order valence-corrected chi connectivity index (χ1v) is 17.2. The number of amides is 3. The molecule has 252 valence electrons. The SMILES string of the molecule is C=CCCC(=O)N[C@H](C)[C@@H](OC(=O)[C@@H]1[C@H]2O[C@@]3(CC2Br)[C@H](C(=O)N(CC=C)C(C)CCC)N([C@H](C)CO)C(=O)[C@@H]13)c1ccccc1. The Labute approximate surface area is 280 Å². The summed E-state index contributed by atoms with van der Waals surface area (Å²) in [6, 6.07) is 6.71. The normalized spacial score (nSPS) is 29.0. The number of halogens is 1. The van der Waals surface area contributed by atoms with Crippen LogP contribution in [0.4, 0.5) is 0 Å². The summed E-state index contributed by atoms with van der Waals surface area (Å²) >= 11 is 3.71. The van der Waals surface area contributed by atoms with Gasteiger partial charge in [0, 0.05) is 23.8 Å². The Kier molecular flexibility index (Phi) is 11.9. The number of nitrogens with one attached hydrogen (secondary N) is 1. The van der Waals surface area contributed by atoms with Gasteiger partial charge in [-0.1, -0.05) is 71.8 Å². The van der Waals surface area contributed by atoms with Crippen LogP contribution in [0.2, 0.25) is 0 Å². The molecule has 3 saturated heterocycles. The Bertz CT molecular complexity index is 1290. The number of rotatable bonds is 16. The molecule has 2 N–H and O–H groups in total. The average Bonchev–Trinajstić information content (AvgIpc) is 3.64. The lowest BCUT2D eigenvalue weighted by Gasteiger charge is -2.40. The third kappa shape index (κ3) is 6.69. The van der Waals surface area contributed by atoms with Crippen LogP contribution in [0.25, 0.3) is 0 Å². The molecule has 11 heteroatoms. The van der Waals surface area contributed by atoms with E-state index in [-0.39, 0.29) is 42.3 Å². The van der Waals surface area contributed by atoms with Crippen LogP contribution < -0.4 is 5.32 Å². The molecular weight excluding hydrogens is 654 g/mol. The number of alkyl halides is 1. The molecule has 10 nitrogen and oxygen atoms in total. The summed E-state index contributed by atoms with van der Waals surface area (Å²) in [6.07, 6.45) is 4.50. The first kappa shape index (κ1) is 35.8. The van der Waals surface area contributed by atoms with Crippen molar-refractivity contribution in [2.24, 2.45) is 11.8 Å². The summed E-state index contributed by atoms with van der Waals surface area (Å²) in [7, 11) is 0. The molecule has 2 bridgehead atoms. The standard InChI is InChI=1S/C35H48BrN3O7/c1-7-10-17-26(41)37-23(6)29(24-15-12-11-13-16-24)45-34(44)27-28-32(42)39(22(5)20-40)31(35(28)19-25(36)30(27)46-35)33(43)38(18-9-3)21(4)14-8-2/h7,9,11-13,15-16,21-23,25,27-31,40H,1,3,8,10,14,17-20H2,2,4-6H3,(H,37,41)/t21?,22-,23-,25?,27+,28-,29-,30+,31+,35-/m1/s1. The highest BCUT2D eigenvalue weighted by atomic mass is 79.9. The Hall–Kier alpha value is -3.02. The zero-order valence-corrected chi connectivity index (χ0v) is 28.9. The molecular formula is C35H48BrN3O7. The molecule has 1 spiro atoms. The minimum absolute atomic E-state index is 0.124. The van der Waals surface area contributed by atoms with E-state index in [1.165, 1.54) is 4.90 Å². The van der Waals surface area contributed by atoms with Crippen LogP contribution in [0.3, 0.4) is 0 Å². The molecule has 0 saturated carbocycles. The highest BCUT2D eigenvalue weighted by Crippen LogP contribution is 2.61. The molecule has 3 aliphatic rings. The van der Waals surface area contributed by atoms with Crippen LogP contribution in [-0.4, -0.2) is 92.4 Å². The van der Waals surface area contributed by atoms with E-state index >= 15 is 0 Å². The van der Waals surface area contributed by atoms with E-state index in [1.807, 2.05) is 44.2 Å². The lowest BCUT2D eigenvalue weighted by Crippen LogP contribution is -2.59. The third-order valence-electron chi connectivity index (χ3n) is 9.61. The summed E-state index contributed by atoms with van der Waals surface area (Å²) < 4.78 is 12.9. The van der Waals surface area contributed by atoms with Crippen LogP contribution in [0.1, 0.15) is 71.5 Å². The van der Waals surface area contributed by atoms with Gasteiger partial charge in [-0.05, 0) is 45.6 Å². The van der Waals surface area contributed by atoms with Gasteiger partial charge in [0.05, 0.1) is 36.6 Å². The van der Waals surface area contributed by atoms with Crippen LogP contribution in [0.15, 0.2) is 55.6 Å². The fourth-order valence-corrected chi connectivity index (χ4v) is 8.42. The van der Waals surface area contributed by atoms with Crippen molar-refractivity contribution in [3.63, 3.8) is 0 Å². The molecule has 0 radical (unpaired) electrons. The smallest absolute Gasteiger partial charge is 0.313 e. The largest absolute Gasteiger partial charge is 0.455 e. The topological polar surface area (TPSA) is 125 Å². The van der Waals surface area contributed by atoms with Crippen molar-refractivity contribution in [1.29, 1.82) is 0 Å². The molecule has 0 aromatic heterocycles. The maximum atomic E-state index is 14.5. The van der Waals surface area contributed by atoms with E-state index in [4.69, 9.17) is 9.47 Å². The van der Waals surface area contributed by atoms with Crippen molar-refractivity contribution >= 4 is 39.6 Å². The van der Waals surface area contributed by atoms with E-state index in [0.29, 0.717) is 18.4 Å². The number of carbonyl (C=O) groups excluding carboxylic acids is 4. The third-order valence-corrected chi connectivity index (χ3v) is 10.5. The number of fused-ring (bicyclic) bond motifs is 1. The number of ether oxygens (including phenoxy) is 2. The lowest BCUT2D eigenvalue weighted by atomic mass is 9.70. The number of allylic oxidation sites excluding steroid dienone is 1. The molecule has 4 rings (SSSR count). The van der Waals surface area contributed by atoms with Crippen molar-refractivity contribution in [1.82, 2.24) is 15.1 Å². The van der Waals surface area contributed by atoms with Crippen molar-refractivity contribution in [3.05, 3.63) is 61.2 Å². The van der Waals surface area contributed by atoms with E-state index in [0.717, 1.165) is 12.8 Å². The number of benzene rings is 1. The highest BCUT2D eigenvalue weighted by Gasteiger charge is 2.77. The van der Waals surface area contributed by atoms with E-state index < -0.39 is 59.6 Å². The van der Waals surface area contributed by atoms with Gasteiger partial charge in [-0.3, -0.25) is 19.2 Å². The minimum atomic E-state index is -1.29. The molecule has 2 unspecified atom stereocenters. The Morgan fingerprint density at radius 2 is 1.91 bits per heavy atom. The summed E-state index contributed by atoms with van der Waals surface area (Å²) in [5.74, 6) is -3.52. The molecule has 3 aliphatic heterocycles. The number of carbonyl (C=O) groups is 4. The summed E-state index contributed by atoms with van der Waals surface area (Å²) in [5.41, 5.74) is -0.606. The lowest BCUT2D eigenvalue weighted by molar-refractivity contribution is -0.162. The molecule has 3 heterocycles. The first-order valence-electron chi connectivity index (χ1n) is 16.3.